The number of nitrogens with zero attached hydrogens (tertiary/aromatic N) is 2. The lowest BCUT2D eigenvalue weighted by Crippen LogP contribution is -2.16. The van der Waals surface area contributed by atoms with Gasteiger partial charge in [-0.15, -0.1) is 0 Å². The minimum absolute atomic E-state index is 0.148. The minimum atomic E-state index is -3.90. The first-order valence-corrected chi connectivity index (χ1v) is 5.63. The van der Waals surface area contributed by atoms with E-state index >= 15 is 0 Å². The van der Waals surface area contributed by atoms with E-state index in [-0.39, 0.29) is 16.2 Å². The highest BCUT2D eigenvalue weighted by molar-refractivity contribution is 7.89. The number of aromatic nitrogens is 2. The Hall–Kier alpha value is -1.60. The molecule has 0 aliphatic rings. The molecule has 80 valence electrons. The maximum atomic E-state index is 11.3. The molecule has 0 spiro atoms. The topological polar surface area (TPSA) is 98.2 Å². The van der Waals surface area contributed by atoms with Crippen molar-refractivity contribution >= 4 is 20.9 Å². The summed E-state index contributed by atoms with van der Waals surface area (Å²) in [5.74, 6) is -0.148. The van der Waals surface area contributed by atoms with Crippen LogP contribution in [0.1, 0.15) is 0 Å². The van der Waals surface area contributed by atoms with Crippen molar-refractivity contribution in [2.75, 3.05) is 0 Å². The molecular formula is C8H9N3O3S. The highest BCUT2D eigenvalue weighted by Crippen LogP contribution is 2.29. The average molecular weight is 227 g/mol. The smallest absolute Gasteiger partial charge is 0.255 e. The normalized spacial score (nSPS) is 12.1. The molecule has 0 aliphatic heterocycles. The first-order chi connectivity index (χ1) is 6.91. The number of hydrogen-bond donors (Lipinski definition) is 2. The Balaban J connectivity index is 3.02. The summed E-state index contributed by atoms with van der Waals surface area (Å²) in [6.07, 6.45) is 0. The van der Waals surface area contributed by atoms with Crippen LogP contribution in [0.25, 0.3) is 10.9 Å². The average Bonchev–Trinajstić information content (AvgIpc) is 2.41. The summed E-state index contributed by atoms with van der Waals surface area (Å²) in [6.45, 7) is 0. The summed E-state index contributed by atoms with van der Waals surface area (Å²) >= 11 is 0. The predicted molar refractivity (Wildman–Crippen MR) is 53.8 cm³/mol. The molecule has 0 fully saturated rings. The highest BCUT2D eigenvalue weighted by Gasteiger charge is 2.21. The molecule has 15 heavy (non-hydrogen) atoms. The van der Waals surface area contributed by atoms with E-state index in [1.165, 1.54) is 13.1 Å². The van der Waals surface area contributed by atoms with Gasteiger partial charge in [0.25, 0.3) is 10.0 Å². The zero-order chi connectivity index (χ0) is 11.2. The van der Waals surface area contributed by atoms with Crippen molar-refractivity contribution in [2.24, 2.45) is 12.2 Å². The van der Waals surface area contributed by atoms with Crippen molar-refractivity contribution in [3.8, 4) is 5.75 Å². The summed E-state index contributed by atoms with van der Waals surface area (Å²) in [4.78, 5) is 0. The van der Waals surface area contributed by atoms with Gasteiger partial charge in [-0.2, -0.15) is 5.10 Å². The van der Waals surface area contributed by atoms with Crippen LogP contribution in [0.5, 0.6) is 5.75 Å². The number of phenols is 1. The molecule has 1 heterocycles. The number of aryl methyl sites for hydroxylation is 1. The van der Waals surface area contributed by atoms with Gasteiger partial charge in [-0.05, 0) is 12.1 Å². The van der Waals surface area contributed by atoms with Crippen LogP contribution in [0, 0.1) is 0 Å². The van der Waals surface area contributed by atoms with Gasteiger partial charge in [0, 0.05) is 7.05 Å². The summed E-state index contributed by atoms with van der Waals surface area (Å²) in [6, 6.07) is 4.57. The van der Waals surface area contributed by atoms with Gasteiger partial charge in [0.15, 0.2) is 5.03 Å². The van der Waals surface area contributed by atoms with Crippen molar-refractivity contribution < 1.29 is 13.5 Å². The number of nitrogens with two attached hydrogens (primary N) is 1. The summed E-state index contributed by atoms with van der Waals surface area (Å²) < 4.78 is 23.7. The third kappa shape index (κ3) is 1.45. The first-order valence-electron chi connectivity index (χ1n) is 4.09. The fraction of sp³-hybridized carbons (Fsp3) is 0.125. The van der Waals surface area contributed by atoms with Crippen LogP contribution >= 0.6 is 0 Å². The third-order valence-corrected chi connectivity index (χ3v) is 3.06. The number of primary sulfonamides is 1. The molecule has 1 aromatic carbocycles. The van der Waals surface area contributed by atoms with Gasteiger partial charge in [0.2, 0.25) is 0 Å². The number of rotatable bonds is 1. The van der Waals surface area contributed by atoms with Crippen LogP contribution in [0.15, 0.2) is 23.2 Å². The van der Waals surface area contributed by atoms with Crippen molar-refractivity contribution in [1.29, 1.82) is 0 Å². The highest BCUT2D eigenvalue weighted by atomic mass is 32.2. The Kier molecular flexibility index (Phi) is 1.95. The van der Waals surface area contributed by atoms with Crippen molar-refractivity contribution in [3.05, 3.63) is 18.2 Å². The monoisotopic (exact) mass is 227 g/mol. The number of fused-ring (bicyclic) bond motifs is 1. The van der Waals surface area contributed by atoms with Gasteiger partial charge in [-0.3, -0.25) is 4.68 Å². The molecule has 0 unspecified atom stereocenters. The predicted octanol–water partition coefficient (Wildman–Crippen LogP) is -0.0737. The second-order valence-corrected chi connectivity index (χ2v) is 4.62. The molecular weight excluding hydrogens is 218 g/mol. The van der Waals surface area contributed by atoms with Gasteiger partial charge in [0.1, 0.15) is 5.75 Å². The lowest BCUT2D eigenvalue weighted by atomic mass is 10.2. The summed E-state index contributed by atoms with van der Waals surface area (Å²) in [7, 11) is -2.44. The lowest BCUT2D eigenvalue weighted by Gasteiger charge is -1.99. The summed E-state index contributed by atoms with van der Waals surface area (Å²) in [5, 5.41) is 18.5. The first kappa shape index (κ1) is 9.94. The number of phenolic OH excluding ortho intramolecular Hbond substituents is 1. The number of aromatic hydroxyl groups is 1. The van der Waals surface area contributed by atoms with E-state index in [2.05, 4.69) is 5.10 Å². The van der Waals surface area contributed by atoms with Crippen LogP contribution in [0.3, 0.4) is 0 Å². The van der Waals surface area contributed by atoms with Crippen molar-refractivity contribution in [1.82, 2.24) is 9.78 Å². The van der Waals surface area contributed by atoms with Gasteiger partial charge in [-0.1, -0.05) is 6.07 Å². The van der Waals surface area contributed by atoms with Crippen molar-refractivity contribution in [3.63, 3.8) is 0 Å². The molecule has 7 heteroatoms. The minimum Gasteiger partial charge on any atom is -0.507 e. The Morgan fingerprint density at radius 2 is 2.13 bits per heavy atom. The Labute approximate surface area is 86.0 Å². The number of hydrogen-bond acceptors (Lipinski definition) is 4. The van der Waals surface area contributed by atoms with E-state index < -0.39 is 10.0 Å². The second-order valence-electron chi connectivity index (χ2n) is 3.15. The van der Waals surface area contributed by atoms with Crippen LogP contribution in [-0.2, 0) is 17.1 Å². The molecule has 2 aromatic rings. The molecule has 2 rings (SSSR count). The van der Waals surface area contributed by atoms with Crippen LogP contribution in [-0.4, -0.2) is 23.3 Å². The molecule has 0 aliphatic carbocycles. The zero-order valence-electron chi connectivity index (χ0n) is 7.88. The molecule has 0 amide bonds. The molecule has 0 radical (unpaired) electrons. The third-order valence-electron chi connectivity index (χ3n) is 2.06. The molecule has 0 saturated carbocycles. The van der Waals surface area contributed by atoms with E-state index in [1.54, 1.807) is 12.1 Å². The molecule has 0 saturated heterocycles. The molecule has 6 nitrogen and oxygen atoms in total. The lowest BCUT2D eigenvalue weighted by molar-refractivity contribution is 0.480. The maximum Gasteiger partial charge on any atom is 0.255 e. The van der Waals surface area contributed by atoms with E-state index in [0.29, 0.717) is 5.52 Å². The molecule has 0 bridgehead atoms. The second kappa shape index (κ2) is 2.94. The fourth-order valence-electron chi connectivity index (χ4n) is 1.53. The van der Waals surface area contributed by atoms with Gasteiger partial charge in [0.05, 0.1) is 10.9 Å². The van der Waals surface area contributed by atoms with E-state index in [4.69, 9.17) is 5.14 Å². The van der Waals surface area contributed by atoms with E-state index in [9.17, 15) is 13.5 Å². The largest absolute Gasteiger partial charge is 0.507 e. The van der Waals surface area contributed by atoms with Gasteiger partial charge in [-0.25, -0.2) is 13.6 Å². The number of sulfonamides is 1. The fourth-order valence-corrected chi connectivity index (χ4v) is 2.43. The Morgan fingerprint density at radius 1 is 1.47 bits per heavy atom. The zero-order valence-corrected chi connectivity index (χ0v) is 8.69. The maximum absolute atomic E-state index is 11.3. The van der Waals surface area contributed by atoms with Crippen LogP contribution in [0.2, 0.25) is 0 Å². The molecule has 3 N–H and O–H groups in total. The van der Waals surface area contributed by atoms with Crippen LogP contribution < -0.4 is 5.14 Å². The van der Waals surface area contributed by atoms with E-state index in [1.807, 2.05) is 0 Å². The number of benzene rings is 1. The molecule has 0 atom stereocenters. The van der Waals surface area contributed by atoms with Gasteiger partial charge >= 0.3 is 0 Å². The van der Waals surface area contributed by atoms with Gasteiger partial charge < -0.3 is 5.11 Å². The summed E-state index contributed by atoms with van der Waals surface area (Å²) in [5.41, 5.74) is 0.390. The molecule has 1 aromatic heterocycles. The van der Waals surface area contributed by atoms with Crippen LogP contribution in [0.4, 0.5) is 0 Å². The quantitative estimate of drug-likeness (QED) is 0.712. The van der Waals surface area contributed by atoms with E-state index in [0.717, 1.165) is 4.68 Å². The SMILES string of the molecule is Cn1nc2cccc(O)c2c1S(N)(=O)=O. The standard InChI is InChI=1S/C8H9N3O3S/c1-11-8(15(9,13)14)7-5(10-11)3-2-4-6(7)12/h2-4,12H,1H3,(H2,9,13,14). The Morgan fingerprint density at radius 3 is 2.73 bits per heavy atom. The van der Waals surface area contributed by atoms with Crippen molar-refractivity contribution in [2.45, 2.75) is 5.03 Å². The Bertz CT molecular complexity index is 630.